The summed E-state index contributed by atoms with van der Waals surface area (Å²) in [7, 11) is 0. The average molecular weight is 115 g/mol. The van der Waals surface area contributed by atoms with Gasteiger partial charge >= 0.3 is 0 Å². The van der Waals surface area contributed by atoms with Gasteiger partial charge in [0.15, 0.2) is 0 Å². The fourth-order valence-corrected chi connectivity index (χ4v) is 0.563. The molecule has 8 heavy (non-hydrogen) atoms. The maximum Gasteiger partial charge on any atom is 0.0710 e. The summed E-state index contributed by atoms with van der Waals surface area (Å²) in [4.78, 5) is 5.06. The molecule has 0 spiro atoms. The third kappa shape index (κ3) is 2.28. The molecule has 0 bridgehead atoms. The van der Waals surface area contributed by atoms with Crippen LogP contribution in [0.3, 0.4) is 0 Å². The lowest BCUT2D eigenvalue weighted by atomic mass is 10.5. The Balaban J connectivity index is 1.74. The predicted molar refractivity (Wildman–Crippen MR) is 32.4 cm³/mol. The first kappa shape index (κ1) is 6.05. The zero-order valence-corrected chi connectivity index (χ0v) is 5.31. The lowest BCUT2D eigenvalue weighted by molar-refractivity contribution is 0.0372. The van der Waals surface area contributed by atoms with Crippen LogP contribution in [0.5, 0.6) is 0 Å². The number of nitrogens with one attached hydrogen (secondary N) is 1. The highest BCUT2D eigenvalue weighted by atomic mass is 16.6. The zero-order valence-electron chi connectivity index (χ0n) is 5.31. The molecule has 0 unspecified atom stereocenters. The molecule has 0 aliphatic heterocycles. The highest BCUT2D eigenvalue weighted by Crippen LogP contribution is 2.28. The molecule has 0 aromatic heterocycles. The molecule has 1 fully saturated rings. The molecule has 0 heterocycles. The van der Waals surface area contributed by atoms with Crippen LogP contribution in [0.2, 0.25) is 0 Å². The topological polar surface area (TPSA) is 21.3 Å². The van der Waals surface area contributed by atoms with Crippen LogP contribution in [-0.2, 0) is 4.84 Å². The van der Waals surface area contributed by atoms with Gasteiger partial charge in [0, 0.05) is 6.54 Å². The summed E-state index contributed by atoms with van der Waals surface area (Å²) in [5.74, 6) is 0.869. The van der Waals surface area contributed by atoms with Crippen LogP contribution in [0.4, 0.5) is 0 Å². The Hall–Kier alpha value is -0.0800. The van der Waals surface area contributed by atoms with E-state index in [2.05, 4.69) is 5.48 Å². The van der Waals surface area contributed by atoms with Gasteiger partial charge in [0.1, 0.15) is 0 Å². The molecule has 2 nitrogen and oxygen atoms in total. The highest BCUT2D eigenvalue weighted by molar-refractivity contribution is 4.71. The first-order chi connectivity index (χ1) is 3.93. The number of rotatable bonds is 4. The van der Waals surface area contributed by atoms with Gasteiger partial charge in [-0.25, -0.2) is 5.48 Å². The minimum absolute atomic E-state index is 0.869. The fraction of sp³-hybridized carbons (Fsp3) is 1.00. The molecule has 1 aliphatic carbocycles. The molecule has 0 atom stereocenters. The van der Waals surface area contributed by atoms with Crippen LogP contribution < -0.4 is 5.48 Å². The van der Waals surface area contributed by atoms with Gasteiger partial charge in [-0.1, -0.05) is 6.92 Å². The summed E-state index contributed by atoms with van der Waals surface area (Å²) < 4.78 is 0. The first-order valence-corrected chi connectivity index (χ1v) is 3.28. The van der Waals surface area contributed by atoms with E-state index in [1.54, 1.807) is 0 Å². The smallest absolute Gasteiger partial charge is 0.0710 e. The maximum absolute atomic E-state index is 5.06. The summed E-state index contributed by atoms with van der Waals surface area (Å²) in [5.41, 5.74) is 2.82. The van der Waals surface area contributed by atoms with Crippen molar-refractivity contribution in [2.24, 2.45) is 5.92 Å². The molecule has 0 aromatic rings. The Kier molecular flexibility index (Phi) is 2.30. The molecular formula is C6H13NO. The van der Waals surface area contributed by atoms with Gasteiger partial charge in [0.05, 0.1) is 6.61 Å². The quantitative estimate of drug-likeness (QED) is 0.435. The van der Waals surface area contributed by atoms with E-state index < -0.39 is 0 Å². The third-order valence-corrected chi connectivity index (χ3v) is 1.26. The van der Waals surface area contributed by atoms with E-state index in [1.807, 2.05) is 6.92 Å². The molecular weight excluding hydrogens is 102 g/mol. The predicted octanol–water partition coefficient (Wildman–Crippen LogP) is 0.938. The van der Waals surface area contributed by atoms with Crippen molar-refractivity contribution in [3.05, 3.63) is 0 Å². The molecule has 0 amide bonds. The molecule has 1 N–H and O–H groups in total. The van der Waals surface area contributed by atoms with Crippen LogP contribution in [0.25, 0.3) is 0 Å². The van der Waals surface area contributed by atoms with Gasteiger partial charge in [-0.2, -0.15) is 0 Å². The molecule has 1 saturated carbocycles. The second-order valence-electron chi connectivity index (χ2n) is 2.25. The number of hydroxylamine groups is 1. The molecule has 2 heteroatoms. The SMILES string of the molecule is CCNOCC1CC1. The minimum Gasteiger partial charge on any atom is -0.302 e. The van der Waals surface area contributed by atoms with E-state index in [9.17, 15) is 0 Å². The summed E-state index contributed by atoms with van der Waals surface area (Å²) in [6, 6.07) is 0. The Labute approximate surface area is 50.2 Å². The van der Waals surface area contributed by atoms with Gasteiger partial charge < -0.3 is 4.84 Å². The lowest BCUT2D eigenvalue weighted by Crippen LogP contribution is -2.14. The summed E-state index contributed by atoms with van der Waals surface area (Å²) >= 11 is 0. The standard InChI is InChI=1S/C6H13NO/c1-2-7-8-5-6-3-4-6/h6-7H,2-5H2,1H3. The number of hydrogen-bond donors (Lipinski definition) is 1. The summed E-state index contributed by atoms with van der Waals surface area (Å²) in [6.45, 7) is 3.85. The van der Waals surface area contributed by atoms with E-state index in [0.717, 1.165) is 19.1 Å². The first-order valence-electron chi connectivity index (χ1n) is 3.28. The van der Waals surface area contributed by atoms with Crippen LogP contribution in [0.1, 0.15) is 19.8 Å². The van der Waals surface area contributed by atoms with Gasteiger partial charge in [0.2, 0.25) is 0 Å². The Bertz CT molecular complexity index is 61.5. The second kappa shape index (κ2) is 3.05. The molecule has 48 valence electrons. The Morgan fingerprint density at radius 1 is 1.62 bits per heavy atom. The number of hydrogen-bond acceptors (Lipinski definition) is 2. The van der Waals surface area contributed by atoms with Crippen LogP contribution in [0.15, 0.2) is 0 Å². The summed E-state index contributed by atoms with van der Waals surface area (Å²) in [5, 5.41) is 0. The van der Waals surface area contributed by atoms with Crippen LogP contribution in [-0.4, -0.2) is 13.2 Å². The van der Waals surface area contributed by atoms with Gasteiger partial charge in [0.25, 0.3) is 0 Å². The van der Waals surface area contributed by atoms with Gasteiger partial charge in [-0.3, -0.25) is 0 Å². The van der Waals surface area contributed by atoms with Gasteiger partial charge in [-0.05, 0) is 18.8 Å². The molecule has 1 rings (SSSR count). The van der Waals surface area contributed by atoms with Crippen molar-refractivity contribution in [3.63, 3.8) is 0 Å². The third-order valence-electron chi connectivity index (χ3n) is 1.26. The fourth-order valence-electron chi connectivity index (χ4n) is 0.563. The van der Waals surface area contributed by atoms with Crippen molar-refractivity contribution >= 4 is 0 Å². The Morgan fingerprint density at radius 2 is 2.38 bits per heavy atom. The van der Waals surface area contributed by atoms with E-state index in [4.69, 9.17) is 4.84 Å². The monoisotopic (exact) mass is 115 g/mol. The van der Waals surface area contributed by atoms with E-state index in [-0.39, 0.29) is 0 Å². The molecule has 0 radical (unpaired) electrons. The van der Waals surface area contributed by atoms with Crippen molar-refractivity contribution in [3.8, 4) is 0 Å². The van der Waals surface area contributed by atoms with Crippen LogP contribution >= 0.6 is 0 Å². The van der Waals surface area contributed by atoms with Crippen molar-refractivity contribution in [2.45, 2.75) is 19.8 Å². The maximum atomic E-state index is 5.06. The van der Waals surface area contributed by atoms with E-state index in [1.165, 1.54) is 12.8 Å². The van der Waals surface area contributed by atoms with Crippen molar-refractivity contribution in [1.29, 1.82) is 0 Å². The van der Waals surface area contributed by atoms with Gasteiger partial charge in [-0.15, -0.1) is 0 Å². The van der Waals surface area contributed by atoms with Crippen molar-refractivity contribution in [1.82, 2.24) is 5.48 Å². The minimum atomic E-state index is 0.869. The highest BCUT2D eigenvalue weighted by Gasteiger charge is 2.20. The van der Waals surface area contributed by atoms with Crippen LogP contribution in [0, 0.1) is 5.92 Å². The normalized spacial score (nSPS) is 19.1. The largest absolute Gasteiger partial charge is 0.302 e. The lowest BCUT2D eigenvalue weighted by Gasteiger charge is -1.98. The van der Waals surface area contributed by atoms with E-state index in [0.29, 0.717) is 0 Å². The zero-order chi connectivity index (χ0) is 5.82. The van der Waals surface area contributed by atoms with Crippen molar-refractivity contribution in [2.75, 3.05) is 13.2 Å². The molecule has 1 aliphatic rings. The Morgan fingerprint density at radius 3 is 2.88 bits per heavy atom. The van der Waals surface area contributed by atoms with E-state index >= 15 is 0 Å². The molecule has 0 saturated heterocycles. The second-order valence-corrected chi connectivity index (χ2v) is 2.25. The average Bonchev–Trinajstić information content (AvgIpc) is 2.51. The van der Waals surface area contributed by atoms with Crippen molar-refractivity contribution < 1.29 is 4.84 Å². The molecule has 0 aromatic carbocycles. The summed E-state index contributed by atoms with van der Waals surface area (Å²) in [6.07, 6.45) is 2.73.